The van der Waals surface area contributed by atoms with Gasteiger partial charge in [0.05, 0.1) is 5.02 Å². The van der Waals surface area contributed by atoms with Crippen molar-refractivity contribution in [1.29, 1.82) is 0 Å². The lowest BCUT2D eigenvalue weighted by atomic mass is 10.2. The Bertz CT molecular complexity index is 571. The van der Waals surface area contributed by atoms with E-state index in [0.717, 1.165) is 16.4 Å². The molecule has 0 aliphatic heterocycles. The molecule has 1 rings (SSSR count). The Morgan fingerprint density at radius 1 is 1.41 bits per heavy atom. The third-order valence-electron chi connectivity index (χ3n) is 2.03. The van der Waals surface area contributed by atoms with Gasteiger partial charge in [-0.2, -0.15) is 0 Å². The summed E-state index contributed by atoms with van der Waals surface area (Å²) < 4.78 is 37.6. The molecule has 0 spiro atoms. The van der Waals surface area contributed by atoms with Gasteiger partial charge in [-0.05, 0) is 12.1 Å². The van der Waals surface area contributed by atoms with Crippen molar-refractivity contribution >= 4 is 27.6 Å². The van der Waals surface area contributed by atoms with Gasteiger partial charge >= 0.3 is 5.97 Å². The fourth-order valence-electron chi connectivity index (χ4n) is 1.13. The highest BCUT2D eigenvalue weighted by atomic mass is 35.5. The van der Waals surface area contributed by atoms with Gasteiger partial charge in [0.15, 0.2) is 0 Å². The molecular formula is C9H9ClFNO4S. The van der Waals surface area contributed by atoms with E-state index in [0.29, 0.717) is 0 Å². The minimum absolute atomic E-state index is 0.442. The van der Waals surface area contributed by atoms with Gasteiger partial charge in [0.25, 0.3) is 0 Å². The number of carboxylic acid groups (broad SMARTS) is 1. The number of halogens is 2. The van der Waals surface area contributed by atoms with Crippen LogP contribution in [0, 0.1) is 5.82 Å². The van der Waals surface area contributed by atoms with Crippen LogP contribution in [0.2, 0.25) is 5.02 Å². The summed E-state index contributed by atoms with van der Waals surface area (Å²) in [6.07, 6.45) is 0. The SMILES string of the molecule is CN(C)S(=O)(=O)c1ccc(F)c(C(=O)O)c1Cl. The summed E-state index contributed by atoms with van der Waals surface area (Å²) in [6, 6.07) is 1.69. The first kappa shape index (κ1) is 13.9. The molecular weight excluding hydrogens is 273 g/mol. The second-order valence-electron chi connectivity index (χ2n) is 3.33. The van der Waals surface area contributed by atoms with Gasteiger partial charge in [0.2, 0.25) is 10.0 Å². The molecule has 0 saturated heterocycles. The molecule has 94 valence electrons. The van der Waals surface area contributed by atoms with Crippen LogP contribution in [0.15, 0.2) is 17.0 Å². The Morgan fingerprint density at radius 3 is 2.35 bits per heavy atom. The van der Waals surface area contributed by atoms with E-state index >= 15 is 0 Å². The molecule has 0 unspecified atom stereocenters. The molecule has 0 amide bonds. The predicted molar refractivity (Wildman–Crippen MR) is 59.2 cm³/mol. The van der Waals surface area contributed by atoms with E-state index in [-0.39, 0.29) is 0 Å². The van der Waals surface area contributed by atoms with Crippen LogP contribution < -0.4 is 0 Å². The van der Waals surface area contributed by atoms with Gasteiger partial charge in [0, 0.05) is 14.1 Å². The van der Waals surface area contributed by atoms with Crippen molar-refractivity contribution < 1.29 is 22.7 Å². The zero-order chi connectivity index (χ0) is 13.4. The number of hydrogen-bond donors (Lipinski definition) is 1. The molecule has 0 radical (unpaired) electrons. The molecule has 0 bridgehead atoms. The quantitative estimate of drug-likeness (QED) is 0.909. The summed E-state index contributed by atoms with van der Waals surface area (Å²) in [6.45, 7) is 0. The number of carboxylic acids is 1. The second-order valence-corrected chi connectivity index (χ2v) is 5.83. The zero-order valence-electron chi connectivity index (χ0n) is 8.94. The van der Waals surface area contributed by atoms with Crippen molar-refractivity contribution in [3.63, 3.8) is 0 Å². The van der Waals surface area contributed by atoms with E-state index in [9.17, 15) is 17.6 Å². The van der Waals surface area contributed by atoms with E-state index in [4.69, 9.17) is 16.7 Å². The molecule has 0 aromatic heterocycles. The van der Waals surface area contributed by atoms with Crippen molar-refractivity contribution in [3.05, 3.63) is 28.5 Å². The molecule has 8 heteroatoms. The van der Waals surface area contributed by atoms with Crippen LogP contribution in [0.25, 0.3) is 0 Å². The number of aromatic carboxylic acids is 1. The molecule has 1 aromatic rings. The van der Waals surface area contributed by atoms with Crippen LogP contribution in [0.4, 0.5) is 4.39 Å². The predicted octanol–water partition coefficient (Wildman–Crippen LogP) is 1.43. The van der Waals surface area contributed by atoms with E-state index in [1.165, 1.54) is 14.1 Å². The van der Waals surface area contributed by atoms with Gasteiger partial charge in [-0.25, -0.2) is 21.9 Å². The van der Waals surface area contributed by atoms with E-state index < -0.39 is 37.3 Å². The smallest absolute Gasteiger partial charge is 0.340 e. The number of sulfonamides is 1. The van der Waals surface area contributed by atoms with E-state index in [2.05, 4.69) is 0 Å². The lowest BCUT2D eigenvalue weighted by molar-refractivity contribution is 0.0692. The fraction of sp³-hybridized carbons (Fsp3) is 0.222. The van der Waals surface area contributed by atoms with Gasteiger partial charge in [-0.15, -0.1) is 0 Å². The highest BCUT2D eigenvalue weighted by Crippen LogP contribution is 2.28. The molecule has 1 N–H and O–H groups in total. The van der Waals surface area contributed by atoms with Crippen molar-refractivity contribution in [1.82, 2.24) is 4.31 Å². The molecule has 0 aliphatic rings. The van der Waals surface area contributed by atoms with E-state index in [1.54, 1.807) is 0 Å². The van der Waals surface area contributed by atoms with Gasteiger partial charge in [-0.3, -0.25) is 0 Å². The molecule has 17 heavy (non-hydrogen) atoms. The first-order valence-corrected chi connectivity index (χ1v) is 6.15. The first-order chi connectivity index (χ1) is 7.69. The summed E-state index contributed by atoms with van der Waals surface area (Å²) in [7, 11) is -1.39. The third kappa shape index (κ3) is 2.41. The Hall–Kier alpha value is -1.18. The molecule has 0 atom stereocenters. The second kappa shape index (κ2) is 4.59. The van der Waals surface area contributed by atoms with Crippen LogP contribution in [-0.4, -0.2) is 37.9 Å². The molecule has 1 aromatic carbocycles. The summed E-state index contributed by atoms with van der Waals surface area (Å²) in [4.78, 5) is 10.3. The largest absolute Gasteiger partial charge is 0.478 e. The maximum absolute atomic E-state index is 13.2. The lowest BCUT2D eigenvalue weighted by Gasteiger charge is -2.13. The van der Waals surface area contributed by atoms with Crippen LogP contribution >= 0.6 is 11.6 Å². The van der Waals surface area contributed by atoms with Gasteiger partial charge in [0.1, 0.15) is 16.3 Å². The molecule has 0 heterocycles. The van der Waals surface area contributed by atoms with Crippen molar-refractivity contribution in [2.45, 2.75) is 4.90 Å². The number of hydrogen-bond acceptors (Lipinski definition) is 3. The summed E-state index contributed by atoms with van der Waals surface area (Å²) >= 11 is 5.61. The Kier molecular flexibility index (Phi) is 3.75. The zero-order valence-corrected chi connectivity index (χ0v) is 10.5. The van der Waals surface area contributed by atoms with Crippen LogP contribution in [0.3, 0.4) is 0 Å². The van der Waals surface area contributed by atoms with Gasteiger partial charge < -0.3 is 5.11 Å². The Labute approximate surface area is 102 Å². The highest BCUT2D eigenvalue weighted by molar-refractivity contribution is 7.89. The topological polar surface area (TPSA) is 74.7 Å². The number of carbonyl (C=O) groups is 1. The van der Waals surface area contributed by atoms with Crippen molar-refractivity contribution in [2.24, 2.45) is 0 Å². The molecule has 5 nitrogen and oxygen atoms in total. The molecule has 0 fully saturated rings. The van der Waals surface area contributed by atoms with Gasteiger partial charge in [-0.1, -0.05) is 11.6 Å². The molecule has 0 aliphatic carbocycles. The standard InChI is InChI=1S/C9H9ClFNO4S/c1-12(2)17(15,16)6-4-3-5(11)7(8(6)10)9(13)14/h3-4H,1-2H3,(H,13,14). The molecule has 0 saturated carbocycles. The maximum Gasteiger partial charge on any atom is 0.340 e. The maximum atomic E-state index is 13.2. The van der Waals surface area contributed by atoms with Crippen molar-refractivity contribution in [2.75, 3.05) is 14.1 Å². The minimum Gasteiger partial charge on any atom is -0.478 e. The van der Waals surface area contributed by atoms with Crippen molar-refractivity contribution in [3.8, 4) is 0 Å². The lowest BCUT2D eigenvalue weighted by Crippen LogP contribution is -2.23. The summed E-state index contributed by atoms with van der Waals surface area (Å²) in [5.41, 5.74) is -0.852. The average molecular weight is 282 g/mol. The number of rotatable bonds is 3. The Balaban J connectivity index is 3.61. The fourth-order valence-corrected chi connectivity index (χ4v) is 2.61. The van der Waals surface area contributed by atoms with Crippen LogP contribution in [-0.2, 0) is 10.0 Å². The first-order valence-electron chi connectivity index (χ1n) is 4.33. The highest BCUT2D eigenvalue weighted by Gasteiger charge is 2.26. The average Bonchev–Trinajstić information content (AvgIpc) is 2.16. The number of benzene rings is 1. The summed E-state index contributed by atoms with van der Waals surface area (Å²) in [5.74, 6) is -2.71. The van der Waals surface area contributed by atoms with E-state index in [1.807, 2.05) is 0 Å². The number of nitrogens with zero attached hydrogens (tertiary/aromatic N) is 1. The van der Waals surface area contributed by atoms with Crippen LogP contribution in [0.5, 0.6) is 0 Å². The normalized spacial score (nSPS) is 11.8. The Morgan fingerprint density at radius 2 is 1.94 bits per heavy atom. The monoisotopic (exact) mass is 281 g/mol. The minimum atomic E-state index is -3.91. The third-order valence-corrected chi connectivity index (χ3v) is 4.39. The summed E-state index contributed by atoms with van der Waals surface area (Å²) in [5, 5.41) is 8.11. The van der Waals surface area contributed by atoms with Crippen LogP contribution in [0.1, 0.15) is 10.4 Å².